The second kappa shape index (κ2) is 5.02. The highest BCUT2D eigenvalue weighted by Crippen LogP contribution is 2.22. The van der Waals surface area contributed by atoms with Crippen LogP contribution in [0.25, 0.3) is 22.4 Å². The first kappa shape index (κ1) is 11.6. The Morgan fingerprint density at radius 2 is 1.47 bits per heavy atom. The van der Waals surface area contributed by atoms with Crippen LogP contribution in [0.15, 0.2) is 67.1 Å². The van der Waals surface area contributed by atoms with Gasteiger partial charge in [-0.25, -0.2) is 0 Å². The Bertz CT molecular complexity index is 656. The van der Waals surface area contributed by atoms with E-state index in [1.165, 1.54) is 5.56 Å². The number of nitrogens with zero attached hydrogens (tertiary/aromatic N) is 2. The van der Waals surface area contributed by atoms with Gasteiger partial charge in [-0.15, -0.1) is 0 Å². The van der Waals surface area contributed by atoms with Crippen LogP contribution in [0.5, 0.6) is 0 Å². The molecular weight excluding hydrogens is 232 g/mol. The highest BCUT2D eigenvalue weighted by molar-refractivity contribution is 5.66. The van der Waals surface area contributed by atoms with E-state index in [4.69, 9.17) is 0 Å². The van der Waals surface area contributed by atoms with Crippen LogP contribution in [0.1, 0.15) is 5.56 Å². The van der Waals surface area contributed by atoms with Crippen LogP contribution in [0.3, 0.4) is 0 Å². The van der Waals surface area contributed by atoms with Gasteiger partial charge in [0.15, 0.2) is 0 Å². The largest absolute Gasteiger partial charge is 0.264 e. The molecule has 0 aliphatic rings. The second-order valence-electron chi connectivity index (χ2n) is 4.54. The summed E-state index contributed by atoms with van der Waals surface area (Å²) in [5.41, 5.74) is 5.57. The molecule has 0 radical (unpaired) electrons. The van der Waals surface area contributed by atoms with E-state index in [-0.39, 0.29) is 0 Å². The van der Waals surface area contributed by atoms with Crippen molar-refractivity contribution in [2.24, 2.45) is 0 Å². The molecule has 19 heavy (non-hydrogen) atoms. The molecule has 0 spiro atoms. The Morgan fingerprint density at radius 3 is 2.11 bits per heavy atom. The lowest BCUT2D eigenvalue weighted by molar-refractivity contribution is 1.29. The maximum atomic E-state index is 4.53. The minimum absolute atomic E-state index is 0.993. The van der Waals surface area contributed by atoms with Crippen LogP contribution in [0.4, 0.5) is 0 Å². The third-order valence-electron chi connectivity index (χ3n) is 3.11. The number of rotatable bonds is 2. The monoisotopic (exact) mass is 246 g/mol. The van der Waals surface area contributed by atoms with E-state index < -0.39 is 0 Å². The van der Waals surface area contributed by atoms with Crippen molar-refractivity contribution in [3.8, 4) is 22.4 Å². The number of hydrogen-bond donors (Lipinski definition) is 0. The Kier molecular flexibility index (Phi) is 3.07. The third-order valence-corrected chi connectivity index (χ3v) is 3.11. The van der Waals surface area contributed by atoms with Gasteiger partial charge in [-0.2, -0.15) is 0 Å². The van der Waals surface area contributed by atoms with Crippen LogP contribution < -0.4 is 0 Å². The van der Waals surface area contributed by atoms with Crippen LogP contribution in [-0.4, -0.2) is 9.97 Å². The van der Waals surface area contributed by atoms with Gasteiger partial charge in [0.1, 0.15) is 0 Å². The average molecular weight is 246 g/mol. The molecule has 1 aromatic carbocycles. The second-order valence-corrected chi connectivity index (χ2v) is 4.54. The molecule has 3 aromatic rings. The SMILES string of the molecule is Cc1ccc(-c2ccc(-c3cccnc3)cn2)cc1. The van der Waals surface area contributed by atoms with Gasteiger partial charge >= 0.3 is 0 Å². The first-order valence-corrected chi connectivity index (χ1v) is 6.26. The molecule has 0 saturated heterocycles. The lowest BCUT2D eigenvalue weighted by Crippen LogP contribution is -1.85. The summed E-state index contributed by atoms with van der Waals surface area (Å²) in [6, 6.07) is 16.5. The van der Waals surface area contributed by atoms with Crippen LogP contribution >= 0.6 is 0 Å². The fourth-order valence-electron chi connectivity index (χ4n) is 1.99. The van der Waals surface area contributed by atoms with Crippen molar-refractivity contribution in [3.63, 3.8) is 0 Å². The zero-order chi connectivity index (χ0) is 13.1. The van der Waals surface area contributed by atoms with E-state index in [1.54, 1.807) is 6.20 Å². The number of benzene rings is 1. The molecule has 3 rings (SSSR count). The minimum atomic E-state index is 0.993. The fraction of sp³-hybridized carbons (Fsp3) is 0.0588. The van der Waals surface area contributed by atoms with Crippen molar-refractivity contribution in [1.29, 1.82) is 0 Å². The smallest absolute Gasteiger partial charge is 0.0702 e. The Morgan fingerprint density at radius 1 is 0.737 bits per heavy atom. The zero-order valence-corrected chi connectivity index (χ0v) is 10.7. The van der Waals surface area contributed by atoms with Crippen molar-refractivity contribution < 1.29 is 0 Å². The van der Waals surface area contributed by atoms with E-state index in [0.29, 0.717) is 0 Å². The molecule has 2 heterocycles. The fourth-order valence-corrected chi connectivity index (χ4v) is 1.99. The van der Waals surface area contributed by atoms with Crippen LogP contribution in [-0.2, 0) is 0 Å². The molecule has 2 aromatic heterocycles. The standard InChI is InChI=1S/C17H14N2/c1-13-4-6-14(7-5-13)17-9-8-16(12-19-17)15-3-2-10-18-11-15/h2-12H,1H3. The van der Waals surface area contributed by atoms with Crippen LogP contribution in [0, 0.1) is 6.92 Å². The van der Waals surface area contributed by atoms with Gasteiger partial charge in [-0.3, -0.25) is 9.97 Å². The highest BCUT2D eigenvalue weighted by Gasteiger charge is 2.01. The maximum absolute atomic E-state index is 4.53. The summed E-state index contributed by atoms with van der Waals surface area (Å²) in [7, 11) is 0. The number of hydrogen-bond acceptors (Lipinski definition) is 2. The van der Waals surface area contributed by atoms with Gasteiger partial charge in [0.2, 0.25) is 0 Å². The predicted molar refractivity (Wildman–Crippen MR) is 77.6 cm³/mol. The van der Waals surface area contributed by atoms with E-state index in [1.807, 2.05) is 30.6 Å². The molecule has 0 fully saturated rings. The minimum Gasteiger partial charge on any atom is -0.264 e. The summed E-state index contributed by atoms with van der Waals surface area (Å²) in [6.07, 6.45) is 5.52. The molecule has 0 amide bonds. The highest BCUT2D eigenvalue weighted by atomic mass is 14.7. The Balaban J connectivity index is 1.93. The molecule has 2 nitrogen and oxygen atoms in total. The first-order valence-electron chi connectivity index (χ1n) is 6.26. The molecule has 92 valence electrons. The van der Waals surface area contributed by atoms with Crippen molar-refractivity contribution >= 4 is 0 Å². The summed E-state index contributed by atoms with van der Waals surface area (Å²) in [5, 5.41) is 0. The van der Waals surface area contributed by atoms with Crippen molar-refractivity contribution in [1.82, 2.24) is 9.97 Å². The van der Waals surface area contributed by atoms with Gasteiger partial charge in [-0.05, 0) is 19.1 Å². The topological polar surface area (TPSA) is 25.8 Å². The molecule has 0 N–H and O–H groups in total. The predicted octanol–water partition coefficient (Wildman–Crippen LogP) is 4.12. The average Bonchev–Trinajstić information content (AvgIpc) is 2.49. The third kappa shape index (κ3) is 2.52. The van der Waals surface area contributed by atoms with E-state index >= 15 is 0 Å². The van der Waals surface area contributed by atoms with E-state index in [9.17, 15) is 0 Å². The van der Waals surface area contributed by atoms with Gasteiger partial charge in [-0.1, -0.05) is 42.0 Å². The van der Waals surface area contributed by atoms with E-state index in [0.717, 1.165) is 22.4 Å². The lowest BCUT2D eigenvalue weighted by atomic mass is 10.1. The number of aryl methyl sites for hydroxylation is 1. The van der Waals surface area contributed by atoms with Crippen molar-refractivity contribution in [3.05, 3.63) is 72.7 Å². The summed E-state index contributed by atoms with van der Waals surface area (Å²) in [5.74, 6) is 0. The van der Waals surface area contributed by atoms with Crippen molar-refractivity contribution in [2.45, 2.75) is 6.92 Å². The molecule has 0 bridgehead atoms. The number of pyridine rings is 2. The number of aromatic nitrogens is 2. The lowest BCUT2D eigenvalue weighted by Gasteiger charge is -2.04. The van der Waals surface area contributed by atoms with Gasteiger partial charge in [0, 0.05) is 35.3 Å². The summed E-state index contributed by atoms with van der Waals surface area (Å²) in [4.78, 5) is 8.65. The first-order chi connectivity index (χ1) is 9.33. The molecule has 0 aliphatic heterocycles. The van der Waals surface area contributed by atoms with E-state index in [2.05, 4.69) is 47.2 Å². The molecule has 2 heteroatoms. The summed E-state index contributed by atoms with van der Waals surface area (Å²) in [6.45, 7) is 2.09. The van der Waals surface area contributed by atoms with Gasteiger partial charge in [0.25, 0.3) is 0 Å². The quantitative estimate of drug-likeness (QED) is 0.679. The van der Waals surface area contributed by atoms with Crippen LogP contribution in [0.2, 0.25) is 0 Å². The van der Waals surface area contributed by atoms with Gasteiger partial charge in [0.05, 0.1) is 5.69 Å². The van der Waals surface area contributed by atoms with Crippen molar-refractivity contribution in [2.75, 3.05) is 0 Å². The normalized spacial score (nSPS) is 10.4. The molecule has 0 saturated carbocycles. The molecular formula is C17H14N2. The summed E-state index contributed by atoms with van der Waals surface area (Å²) < 4.78 is 0. The molecule has 0 atom stereocenters. The Hall–Kier alpha value is -2.48. The summed E-state index contributed by atoms with van der Waals surface area (Å²) >= 11 is 0. The Labute approximate surface area is 112 Å². The molecule has 0 unspecified atom stereocenters. The zero-order valence-electron chi connectivity index (χ0n) is 10.7. The molecule has 0 aliphatic carbocycles. The maximum Gasteiger partial charge on any atom is 0.0702 e. The van der Waals surface area contributed by atoms with Gasteiger partial charge < -0.3 is 0 Å².